The Bertz CT molecular complexity index is 721. The molecule has 0 amide bonds. The molecule has 1 saturated carbocycles. The molecule has 0 heterocycles. The van der Waals surface area contributed by atoms with Gasteiger partial charge in [0.2, 0.25) is 0 Å². The zero-order valence-corrected chi connectivity index (χ0v) is 15.2. The van der Waals surface area contributed by atoms with Crippen molar-refractivity contribution in [1.82, 2.24) is 0 Å². The van der Waals surface area contributed by atoms with Crippen LogP contribution in [0.5, 0.6) is 0 Å². The topological polar surface area (TPSA) is 46.5 Å². The van der Waals surface area contributed by atoms with E-state index in [1.807, 2.05) is 48.5 Å². The lowest BCUT2D eigenvalue weighted by Gasteiger charge is -2.29. The van der Waals surface area contributed by atoms with E-state index >= 15 is 0 Å². The van der Waals surface area contributed by atoms with Crippen molar-refractivity contribution in [2.75, 3.05) is 0 Å². The van der Waals surface area contributed by atoms with Gasteiger partial charge in [0.15, 0.2) is 5.85 Å². The van der Waals surface area contributed by atoms with Gasteiger partial charge in [-0.05, 0) is 36.6 Å². The molecule has 2 aromatic carbocycles. The second kappa shape index (κ2) is 8.62. The van der Waals surface area contributed by atoms with Gasteiger partial charge in [0.25, 0.3) is 7.37 Å². The number of aliphatic hydroxyl groups is 1. The maximum Gasteiger partial charge on any atom is 0.263 e. The number of hydrogen-bond donors (Lipinski definition) is 1. The minimum atomic E-state index is -3.40. The molecule has 4 heteroatoms. The highest BCUT2D eigenvalue weighted by atomic mass is 31.2. The first-order chi connectivity index (χ1) is 12.2. The van der Waals surface area contributed by atoms with Crippen molar-refractivity contribution in [2.45, 2.75) is 44.1 Å². The summed E-state index contributed by atoms with van der Waals surface area (Å²) in [5.74, 6) is -1.16. The first-order valence-corrected chi connectivity index (χ1v) is 10.6. The summed E-state index contributed by atoms with van der Waals surface area (Å²) >= 11 is 0. The number of aliphatic hydroxyl groups excluding tert-OH is 1. The molecule has 25 heavy (non-hydrogen) atoms. The molecule has 0 aliphatic heterocycles. The summed E-state index contributed by atoms with van der Waals surface area (Å²) in [6.07, 6.45) is 8.55. The average molecular weight is 356 g/mol. The van der Waals surface area contributed by atoms with Crippen LogP contribution in [0.4, 0.5) is 0 Å². The van der Waals surface area contributed by atoms with Crippen molar-refractivity contribution < 1.29 is 14.2 Å². The minimum Gasteiger partial charge on any atom is -0.378 e. The van der Waals surface area contributed by atoms with Gasteiger partial charge in [-0.25, -0.2) is 0 Å². The maximum atomic E-state index is 13.7. The first kappa shape index (κ1) is 18.1. The highest BCUT2D eigenvalue weighted by Gasteiger charge is 2.36. The van der Waals surface area contributed by atoms with Gasteiger partial charge in [0.05, 0.1) is 6.10 Å². The smallest absolute Gasteiger partial charge is 0.263 e. The molecule has 2 aromatic rings. The van der Waals surface area contributed by atoms with Crippen LogP contribution in [0.3, 0.4) is 0 Å². The highest BCUT2D eigenvalue weighted by molar-refractivity contribution is 7.67. The maximum absolute atomic E-state index is 13.7. The van der Waals surface area contributed by atoms with Crippen molar-refractivity contribution in [2.24, 2.45) is 0 Å². The minimum absolute atomic E-state index is 0.0421. The van der Waals surface area contributed by atoms with E-state index in [1.54, 1.807) is 24.3 Å². The monoisotopic (exact) mass is 356 g/mol. The lowest BCUT2D eigenvalue weighted by molar-refractivity contribution is 0.145. The molecular weight excluding hydrogens is 331 g/mol. The molecule has 0 saturated heterocycles. The van der Waals surface area contributed by atoms with Crippen molar-refractivity contribution in [3.63, 3.8) is 0 Å². The largest absolute Gasteiger partial charge is 0.378 e. The number of rotatable bonds is 6. The van der Waals surface area contributed by atoms with Gasteiger partial charge in [0, 0.05) is 5.30 Å². The summed E-state index contributed by atoms with van der Waals surface area (Å²) in [6.45, 7) is 0. The Morgan fingerprint density at radius 3 is 2.20 bits per heavy atom. The number of hydrogen-bond acceptors (Lipinski definition) is 3. The Kier molecular flexibility index (Phi) is 6.25. The van der Waals surface area contributed by atoms with Gasteiger partial charge in [-0.3, -0.25) is 4.57 Å². The van der Waals surface area contributed by atoms with Crippen LogP contribution in [0.2, 0.25) is 0 Å². The number of benzene rings is 2. The Labute approximate surface area is 149 Å². The van der Waals surface area contributed by atoms with Gasteiger partial charge in [-0.15, -0.1) is 0 Å². The third-order valence-electron chi connectivity index (χ3n) is 4.58. The van der Waals surface area contributed by atoms with Crippen LogP contribution >= 0.6 is 7.37 Å². The average Bonchev–Trinajstić information content (AvgIpc) is 2.68. The van der Waals surface area contributed by atoms with Gasteiger partial charge in [-0.1, -0.05) is 73.9 Å². The highest BCUT2D eigenvalue weighted by Crippen LogP contribution is 2.52. The summed E-state index contributed by atoms with van der Waals surface area (Å²) in [6, 6.07) is 18.8. The van der Waals surface area contributed by atoms with E-state index in [1.165, 1.54) is 6.42 Å². The van der Waals surface area contributed by atoms with Gasteiger partial charge in [0.1, 0.15) is 0 Å². The summed E-state index contributed by atoms with van der Waals surface area (Å²) in [5, 5.41) is 11.3. The summed E-state index contributed by atoms with van der Waals surface area (Å²) in [7, 11) is -3.40. The van der Waals surface area contributed by atoms with Crippen LogP contribution in [0.25, 0.3) is 6.08 Å². The Balaban J connectivity index is 1.84. The molecule has 0 spiro atoms. The van der Waals surface area contributed by atoms with Gasteiger partial charge in [-0.2, -0.15) is 0 Å². The molecule has 0 aromatic heterocycles. The molecular formula is C21H25O3P. The normalized spacial score (nSPS) is 19.6. The predicted octanol–water partition coefficient (Wildman–Crippen LogP) is 4.97. The fourth-order valence-electron chi connectivity index (χ4n) is 3.18. The van der Waals surface area contributed by atoms with Crippen molar-refractivity contribution in [3.05, 3.63) is 72.3 Å². The van der Waals surface area contributed by atoms with Crippen molar-refractivity contribution in [1.29, 1.82) is 0 Å². The van der Waals surface area contributed by atoms with E-state index in [4.69, 9.17) is 4.52 Å². The third-order valence-corrected chi connectivity index (χ3v) is 7.08. The molecule has 2 unspecified atom stereocenters. The van der Waals surface area contributed by atoms with Crippen LogP contribution in [-0.4, -0.2) is 17.1 Å². The van der Waals surface area contributed by atoms with Crippen LogP contribution in [0.15, 0.2) is 66.7 Å². The molecule has 0 bridgehead atoms. The molecule has 3 nitrogen and oxygen atoms in total. The predicted molar refractivity (Wildman–Crippen MR) is 103 cm³/mol. The Morgan fingerprint density at radius 1 is 0.960 bits per heavy atom. The first-order valence-electron chi connectivity index (χ1n) is 8.93. The summed E-state index contributed by atoms with van der Waals surface area (Å²) in [5.41, 5.74) is 0.957. The second-order valence-corrected chi connectivity index (χ2v) is 8.93. The summed E-state index contributed by atoms with van der Waals surface area (Å²) < 4.78 is 19.8. The molecule has 3 rings (SSSR count). The van der Waals surface area contributed by atoms with Crippen LogP contribution < -0.4 is 5.30 Å². The summed E-state index contributed by atoms with van der Waals surface area (Å²) in [4.78, 5) is 0. The molecule has 1 aliphatic carbocycles. The molecule has 2 atom stereocenters. The van der Waals surface area contributed by atoms with E-state index in [0.29, 0.717) is 5.30 Å². The molecule has 1 N–H and O–H groups in total. The van der Waals surface area contributed by atoms with E-state index in [9.17, 15) is 9.67 Å². The Morgan fingerprint density at radius 2 is 1.56 bits per heavy atom. The molecule has 0 radical (unpaired) electrons. The van der Waals surface area contributed by atoms with Gasteiger partial charge < -0.3 is 9.63 Å². The van der Waals surface area contributed by atoms with E-state index in [2.05, 4.69) is 0 Å². The van der Waals surface area contributed by atoms with E-state index in [-0.39, 0.29) is 6.10 Å². The standard InChI is InChI=1S/C21H25O3P/c22-21(17-16-18-10-4-1-5-11-18)25(23,20-14-8-3-9-15-20)24-19-12-6-2-7-13-19/h1,3-5,8-11,14-17,19,21-22H,2,6-7,12-13H2/b17-16+. The Hall–Kier alpha value is -1.67. The van der Waals surface area contributed by atoms with E-state index < -0.39 is 13.2 Å². The molecule has 1 fully saturated rings. The zero-order valence-electron chi connectivity index (χ0n) is 14.3. The van der Waals surface area contributed by atoms with Crippen LogP contribution in [-0.2, 0) is 9.09 Å². The van der Waals surface area contributed by atoms with Crippen LogP contribution in [0.1, 0.15) is 37.7 Å². The fraction of sp³-hybridized carbons (Fsp3) is 0.333. The zero-order chi connectivity index (χ0) is 17.5. The second-order valence-electron chi connectivity index (χ2n) is 6.48. The SMILES string of the molecule is O=P(OC1CCCCC1)(c1ccccc1)C(O)/C=C/c1ccccc1. The fourth-order valence-corrected chi connectivity index (χ4v) is 5.28. The molecule has 1 aliphatic rings. The third kappa shape index (κ3) is 4.70. The lowest BCUT2D eigenvalue weighted by atomic mass is 9.98. The molecule has 132 valence electrons. The van der Waals surface area contributed by atoms with Crippen LogP contribution in [0, 0.1) is 0 Å². The van der Waals surface area contributed by atoms with Crippen molar-refractivity contribution >= 4 is 18.7 Å². The van der Waals surface area contributed by atoms with E-state index in [0.717, 1.165) is 31.2 Å². The lowest BCUT2D eigenvalue weighted by Crippen LogP contribution is -2.24. The quantitative estimate of drug-likeness (QED) is 0.743. The van der Waals surface area contributed by atoms with Crippen molar-refractivity contribution in [3.8, 4) is 0 Å². The van der Waals surface area contributed by atoms with Gasteiger partial charge >= 0.3 is 0 Å².